The maximum absolute atomic E-state index is 13.0. The van der Waals surface area contributed by atoms with Crippen molar-refractivity contribution < 1.29 is 13.9 Å². The quantitative estimate of drug-likeness (QED) is 0.842. The number of methoxy groups -OCH3 is 1. The Hall–Kier alpha value is -2.08. The summed E-state index contributed by atoms with van der Waals surface area (Å²) in [6, 6.07) is 8.83. The van der Waals surface area contributed by atoms with Crippen LogP contribution in [0.4, 0.5) is 15.8 Å². The molecule has 0 unspecified atom stereocenters. The Morgan fingerprint density at radius 3 is 2.70 bits per heavy atom. The third-order valence-electron chi connectivity index (χ3n) is 2.68. The van der Waals surface area contributed by atoms with Crippen LogP contribution >= 0.6 is 15.9 Å². The van der Waals surface area contributed by atoms with Crippen LogP contribution in [0.1, 0.15) is 10.4 Å². The Bertz CT molecular complexity index is 662. The van der Waals surface area contributed by atoms with Gasteiger partial charge in [-0.2, -0.15) is 0 Å². The zero-order valence-electron chi connectivity index (χ0n) is 10.6. The summed E-state index contributed by atoms with van der Waals surface area (Å²) in [5.74, 6) is -0.262. The van der Waals surface area contributed by atoms with Gasteiger partial charge in [0.25, 0.3) is 5.91 Å². The van der Waals surface area contributed by atoms with Crippen LogP contribution in [0, 0.1) is 5.82 Å². The van der Waals surface area contributed by atoms with E-state index in [0.717, 1.165) is 6.07 Å². The molecule has 0 aliphatic carbocycles. The van der Waals surface area contributed by atoms with Crippen LogP contribution in [-0.4, -0.2) is 13.0 Å². The minimum absolute atomic E-state index is 0.164. The van der Waals surface area contributed by atoms with Crippen molar-refractivity contribution in [3.63, 3.8) is 0 Å². The molecule has 3 N–H and O–H groups in total. The van der Waals surface area contributed by atoms with Gasteiger partial charge in [0, 0.05) is 4.47 Å². The van der Waals surface area contributed by atoms with E-state index >= 15 is 0 Å². The topological polar surface area (TPSA) is 64.3 Å². The van der Waals surface area contributed by atoms with Crippen LogP contribution < -0.4 is 15.8 Å². The average Bonchev–Trinajstić information content (AvgIpc) is 2.42. The fourth-order valence-electron chi connectivity index (χ4n) is 1.64. The highest BCUT2D eigenvalue weighted by Crippen LogP contribution is 2.25. The minimum atomic E-state index is -0.456. The van der Waals surface area contributed by atoms with Gasteiger partial charge in [0.15, 0.2) is 0 Å². The van der Waals surface area contributed by atoms with E-state index in [9.17, 15) is 9.18 Å². The molecule has 1 amide bonds. The lowest BCUT2D eigenvalue weighted by atomic mass is 10.2. The van der Waals surface area contributed by atoms with E-state index in [0.29, 0.717) is 21.5 Å². The van der Waals surface area contributed by atoms with Crippen molar-refractivity contribution in [2.75, 3.05) is 18.2 Å². The van der Waals surface area contributed by atoms with Gasteiger partial charge < -0.3 is 15.8 Å². The van der Waals surface area contributed by atoms with Crippen LogP contribution in [0.3, 0.4) is 0 Å². The molecule has 4 nitrogen and oxygen atoms in total. The molecule has 0 aliphatic heterocycles. The lowest BCUT2D eigenvalue weighted by Crippen LogP contribution is -2.14. The number of anilines is 2. The molecule has 0 bridgehead atoms. The first-order valence-electron chi connectivity index (χ1n) is 5.71. The first kappa shape index (κ1) is 14.3. The van der Waals surface area contributed by atoms with Crippen LogP contribution in [-0.2, 0) is 0 Å². The maximum atomic E-state index is 13.0. The zero-order chi connectivity index (χ0) is 14.7. The number of carbonyl (C=O) groups is 1. The number of nitrogens with one attached hydrogen (secondary N) is 1. The number of nitrogens with two attached hydrogens (primary N) is 1. The van der Waals surface area contributed by atoms with E-state index in [4.69, 9.17) is 10.5 Å². The number of hydrogen-bond donors (Lipinski definition) is 2. The van der Waals surface area contributed by atoms with Gasteiger partial charge in [-0.05, 0) is 52.3 Å². The number of amides is 1. The monoisotopic (exact) mass is 338 g/mol. The van der Waals surface area contributed by atoms with Crippen LogP contribution in [0.25, 0.3) is 0 Å². The number of ether oxygens (including phenoxy) is 1. The van der Waals surface area contributed by atoms with Crippen molar-refractivity contribution in [2.45, 2.75) is 0 Å². The highest BCUT2D eigenvalue weighted by molar-refractivity contribution is 9.10. The summed E-state index contributed by atoms with van der Waals surface area (Å²) in [7, 11) is 1.52. The predicted molar refractivity (Wildman–Crippen MR) is 79.5 cm³/mol. The highest BCUT2D eigenvalue weighted by atomic mass is 79.9. The predicted octanol–water partition coefficient (Wildman–Crippen LogP) is 3.43. The molecule has 20 heavy (non-hydrogen) atoms. The molecule has 6 heteroatoms. The molecule has 0 saturated heterocycles. The number of rotatable bonds is 3. The Morgan fingerprint density at radius 2 is 2.05 bits per heavy atom. The summed E-state index contributed by atoms with van der Waals surface area (Å²) in [6.07, 6.45) is 0. The van der Waals surface area contributed by atoms with Gasteiger partial charge in [0.1, 0.15) is 11.6 Å². The standard InChI is InChI=1S/C14H12BrFN2O2/c1-20-9-3-4-11(15)10(7-9)14(19)18-13-5-2-8(16)6-12(13)17/h2-7H,17H2,1H3,(H,18,19). The molecule has 2 aromatic rings. The van der Waals surface area contributed by atoms with Gasteiger partial charge in [0.2, 0.25) is 0 Å². The summed E-state index contributed by atoms with van der Waals surface area (Å²) < 4.78 is 18.7. The van der Waals surface area contributed by atoms with Gasteiger partial charge in [0.05, 0.1) is 24.0 Å². The van der Waals surface area contributed by atoms with Crippen molar-refractivity contribution in [2.24, 2.45) is 0 Å². The molecule has 0 aliphatic rings. The first-order chi connectivity index (χ1) is 9.51. The van der Waals surface area contributed by atoms with Gasteiger partial charge in [-0.15, -0.1) is 0 Å². The summed E-state index contributed by atoms with van der Waals surface area (Å²) >= 11 is 3.30. The molecule has 0 atom stereocenters. The summed E-state index contributed by atoms with van der Waals surface area (Å²) in [5.41, 5.74) is 6.56. The number of carbonyl (C=O) groups excluding carboxylic acids is 1. The lowest BCUT2D eigenvalue weighted by Gasteiger charge is -2.10. The minimum Gasteiger partial charge on any atom is -0.497 e. The van der Waals surface area contributed by atoms with Crippen LogP contribution in [0.5, 0.6) is 5.75 Å². The second-order valence-corrected chi connectivity index (χ2v) is 4.89. The largest absolute Gasteiger partial charge is 0.497 e. The fourth-order valence-corrected chi connectivity index (χ4v) is 2.07. The fraction of sp³-hybridized carbons (Fsp3) is 0.0714. The number of hydrogen-bond acceptors (Lipinski definition) is 3. The SMILES string of the molecule is COc1ccc(Br)c(C(=O)Nc2ccc(F)cc2N)c1. The number of nitrogen functional groups attached to an aromatic ring is 1. The second-order valence-electron chi connectivity index (χ2n) is 4.03. The van der Waals surface area contributed by atoms with Crippen molar-refractivity contribution >= 4 is 33.2 Å². The zero-order valence-corrected chi connectivity index (χ0v) is 12.2. The summed E-state index contributed by atoms with van der Waals surface area (Å²) in [5, 5.41) is 2.63. The van der Waals surface area contributed by atoms with Crippen molar-refractivity contribution in [1.29, 1.82) is 0 Å². The lowest BCUT2D eigenvalue weighted by molar-refractivity contribution is 0.102. The second kappa shape index (κ2) is 5.92. The first-order valence-corrected chi connectivity index (χ1v) is 6.50. The van der Waals surface area contributed by atoms with Gasteiger partial charge >= 0.3 is 0 Å². The van der Waals surface area contributed by atoms with Gasteiger partial charge in [-0.3, -0.25) is 4.79 Å². The van der Waals surface area contributed by atoms with E-state index in [1.54, 1.807) is 18.2 Å². The summed E-state index contributed by atoms with van der Waals surface area (Å²) in [4.78, 5) is 12.2. The van der Waals surface area contributed by atoms with Crippen molar-refractivity contribution in [1.82, 2.24) is 0 Å². The van der Waals surface area contributed by atoms with E-state index in [1.165, 1.54) is 19.2 Å². The molecule has 0 heterocycles. The number of halogens is 2. The molecular formula is C14H12BrFN2O2. The number of benzene rings is 2. The smallest absolute Gasteiger partial charge is 0.257 e. The third-order valence-corrected chi connectivity index (χ3v) is 3.37. The van der Waals surface area contributed by atoms with Gasteiger partial charge in [-0.1, -0.05) is 0 Å². The Kier molecular flexibility index (Phi) is 4.24. The summed E-state index contributed by atoms with van der Waals surface area (Å²) in [6.45, 7) is 0. The molecule has 0 aromatic heterocycles. The van der Waals surface area contributed by atoms with Gasteiger partial charge in [-0.25, -0.2) is 4.39 Å². The van der Waals surface area contributed by atoms with Crippen molar-refractivity contribution in [3.05, 3.63) is 52.3 Å². The molecule has 2 rings (SSSR count). The molecule has 0 fully saturated rings. The van der Waals surface area contributed by atoms with E-state index in [2.05, 4.69) is 21.2 Å². The Morgan fingerprint density at radius 1 is 1.30 bits per heavy atom. The molecular weight excluding hydrogens is 327 g/mol. The molecule has 0 spiro atoms. The Labute approximate surface area is 123 Å². The average molecular weight is 339 g/mol. The molecule has 0 saturated carbocycles. The third kappa shape index (κ3) is 3.08. The highest BCUT2D eigenvalue weighted by Gasteiger charge is 2.13. The molecule has 0 radical (unpaired) electrons. The van der Waals surface area contributed by atoms with Crippen molar-refractivity contribution in [3.8, 4) is 5.75 Å². The Balaban J connectivity index is 2.28. The van der Waals surface area contributed by atoms with E-state index in [1.807, 2.05) is 0 Å². The normalized spacial score (nSPS) is 10.2. The maximum Gasteiger partial charge on any atom is 0.257 e. The van der Waals surface area contributed by atoms with E-state index < -0.39 is 5.82 Å². The van der Waals surface area contributed by atoms with Crippen LogP contribution in [0.15, 0.2) is 40.9 Å². The van der Waals surface area contributed by atoms with E-state index in [-0.39, 0.29) is 11.6 Å². The van der Waals surface area contributed by atoms with Crippen LogP contribution in [0.2, 0.25) is 0 Å². The molecule has 2 aromatic carbocycles. The molecule has 104 valence electrons.